The molecule has 2 aromatic heterocycles. The summed E-state index contributed by atoms with van der Waals surface area (Å²) in [5.41, 5.74) is 6.47. The van der Waals surface area contributed by atoms with Crippen molar-refractivity contribution in [3.8, 4) is 0 Å². The van der Waals surface area contributed by atoms with E-state index in [1.807, 2.05) is 25.3 Å². The van der Waals surface area contributed by atoms with Gasteiger partial charge in [-0.25, -0.2) is 18.1 Å². The van der Waals surface area contributed by atoms with Crippen molar-refractivity contribution in [1.29, 1.82) is 0 Å². The smallest absolute Gasteiger partial charge is 0.242 e. The Morgan fingerprint density at radius 2 is 2.19 bits per heavy atom. The number of thiazole rings is 1. The van der Waals surface area contributed by atoms with Gasteiger partial charge < -0.3 is 10.3 Å². The Labute approximate surface area is 129 Å². The lowest BCUT2D eigenvalue weighted by Crippen LogP contribution is -2.22. The largest absolute Gasteiger partial charge is 0.346 e. The zero-order chi connectivity index (χ0) is 15.6. The second-order valence-electron chi connectivity index (χ2n) is 5.06. The molecule has 0 aliphatic carbocycles. The summed E-state index contributed by atoms with van der Waals surface area (Å²) in [7, 11) is -3.55. The molecule has 2 rings (SSSR count). The van der Waals surface area contributed by atoms with Crippen molar-refractivity contribution in [3.05, 3.63) is 34.0 Å². The molecule has 8 heteroatoms. The number of hydrogen-bond donors (Lipinski definition) is 2. The number of sulfonamides is 1. The van der Waals surface area contributed by atoms with E-state index in [0.717, 1.165) is 15.6 Å². The summed E-state index contributed by atoms with van der Waals surface area (Å²) in [5.74, 6) is 0. The van der Waals surface area contributed by atoms with Gasteiger partial charge in [-0.1, -0.05) is 0 Å². The molecule has 2 aromatic rings. The van der Waals surface area contributed by atoms with E-state index in [9.17, 15) is 8.42 Å². The third-order valence-corrected chi connectivity index (χ3v) is 5.35. The fourth-order valence-corrected chi connectivity index (χ4v) is 3.87. The van der Waals surface area contributed by atoms with Gasteiger partial charge in [0.05, 0.1) is 11.4 Å². The van der Waals surface area contributed by atoms with Crippen molar-refractivity contribution < 1.29 is 8.42 Å². The van der Waals surface area contributed by atoms with Gasteiger partial charge in [-0.05, 0) is 26.8 Å². The molecule has 3 N–H and O–H groups in total. The van der Waals surface area contributed by atoms with E-state index in [1.54, 1.807) is 18.5 Å². The Hall–Kier alpha value is -1.22. The van der Waals surface area contributed by atoms with Gasteiger partial charge in [0.25, 0.3) is 0 Å². The first kappa shape index (κ1) is 16.2. The van der Waals surface area contributed by atoms with Crippen LogP contribution in [0.2, 0.25) is 0 Å². The zero-order valence-corrected chi connectivity index (χ0v) is 14.0. The lowest BCUT2D eigenvalue weighted by molar-refractivity contribution is 0.569. The summed E-state index contributed by atoms with van der Waals surface area (Å²) in [5, 5.41) is 0.749. The minimum absolute atomic E-state index is 0.161. The molecule has 6 nitrogen and oxygen atoms in total. The molecule has 0 saturated heterocycles. The maximum Gasteiger partial charge on any atom is 0.242 e. The molecule has 0 spiro atoms. The molecular weight excluding hydrogens is 308 g/mol. The van der Waals surface area contributed by atoms with E-state index in [-0.39, 0.29) is 17.5 Å². The van der Waals surface area contributed by atoms with E-state index in [4.69, 9.17) is 5.73 Å². The molecular formula is C13H20N4O2S2. The average molecular weight is 328 g/mol. The van der Waals surface area contributed by atoms with Gasteiger partial charge in [0, 0.05) is 35.6 Å². The Bertz CT molecular complexity index is 716. The summed E-state index contributed by atoms with van der Waals surface area (Å²) >= 11 is 1.48. The molecule has 0 atom stereocenters. The highest BCUT2D eigenvalue weighted by molar-refractivity contribution is 7.89. The molecule has 0 aromatic carbocycles. The second-order valence-corrected chi connectivity index (χ2v) is 8.15. The first-order valence-electron chi connectivity index (χ1n) is 6.65. The minimum atomic E-state index is -3.55. The summed E-state index contributed by atoms with van der Waals surface area (Å²) in [6, 6.07) is 1.78. The predicted molar refractivity (Wildman–Crippen MR) is 83.6 cm³/mol. The number of aryl methyl sites for hydroxylation is 1. The molecule has 2 heterocycles. The monoisotopic (exact) mass is 328 g/mol. The number of rotatable bonds is 6. The van der Waals surface area contributed by atoms with Crippen LogP contribution in [-0.2, 0) is 23.1 Å². The van der Waals surface area contributed by atoms with Gasteiger partial charge in [0.1, 0.15) is 5.01 Å². The molecule has 0 amide bonds. The van der Waals surface area contributed by atoms with Crippen molar-refractivity contribution in [1.82, 2.24) is 14.3 Å². The summed E-state index contributed by atoms with van der Waals surface area (Å²) < 4.78 is 29.1. The van der Waals surface area contributed by atoms with Gasteiger partial charge in [-0.3, -0.25) is 0 Å². The number of aromatic nitrogens is 2. The average Bonchev–Trinajstić information content (AvgIpc) is 3.02. The first-order chi connectivity index (χ1) is 9.83. The molecule has 0 unspecified atom stereocenters. The maximum atomic E-state index is 12.3. The van der Waals surface area contributed by atoms with E-state index in [0.29, 0.717) is 6.54 Å². The Kier molecular flexibility index (Phi) is 4.82. The second kappa shape index (κ2) is 6.27. The van der Waals surface area contributed by atoms with Gasteiger partial charge in [-0.2, -0.15) is 0 Å². The quantitative estimate of drug-likeness (QED) is 0.845. The molecule has 0 aliphatic heterocycles. The molecule has 0 fully saturated rings. The van der Waals surface area contributed by atoms with Gasteiger partial charge in [-0.15, -0.1) is 11.3 Å². The zero-order valence-electron chi connectivity index (χ0n) is 12.3. The van der Waals surface area contributed by atoms with Crippen LogP contribution >= 0.6 is 11.3 Å². The van der Waals surface area contributed by atoms with Crippen LogP contribution in [0.25, 0.3) is 0 Å². The normalized spacial score (nSPS) is 12.2. The third kappa shape index (κ3) is 3.70. The van der Waals surface area contributed by atoms with Gasteiger partial charge >= 0.3 is 0 Å². The standard InChI is InChI=1S/C13H20N4O2S2/c1-9(2)17-8-12(4-11(17)5-14)21(18,19)16-7-13-15-6-10(3)20-13/h4,6,8-9,16H,5,7,14H2,1-3H3. The lowest BCUT2D eigenvalue weighted by Gasteiger charge is -2.10. The summed E-state index contributed by atoms with van der Waals surface area (Å²) in [4.78, 5) is 5.44. The molecule has 0 aliphatic rings. The Morgan fingerprint density at radius 3 is 2.67 bits per heavy atom. The lowest BCUT2D eigenvalue weighted by atomic mass is 10.3. The van der Waals surface area contributed by atoms with E-state index in [2.05, 4.69) is 9.71 Å². The molecule has 116 valence electrons. The third-order valence-electron chi connectivity index (χ3n) is 3.07. The van der Waals surface area contributed by atoms with Crippen LogP contribution in [0.3, 0.4) is 0 Å². The van der Waals surface area contributed by atoms with Crippen molar-refractivity contribution in [2.75, 3.05) is 0 Å². The summed E-state index contributed by atoms with van der Waals surface area (Å²) in [6.07, 6.45) is 3.36. The van der Waals surface area contributed by atoms with Gasteiger partial charge in [0.2, 0.25) is 10.0 Å². The van der Waals surface area contributed by atoms with Crippen LogP contribution in [0.4, 0.5) is 0 Å². The molecule has 0 radical (unpaired) electrons. The molecule has 0 saturated carbocycles. The molecule has 0 bridgehead atoms. The van der Waals surface area contributed by atoms with Crippen LogP contribution < -0.4 is 10.5 Å². The van der Waals surface area contributed by atoms with Crippen LogP contribution in [-0.4, -0.2) is 18.0 Å². The van der Waals surface area contributed by atoms with Crippen molar-refractivity contribution in [2.24, 2.45) is 5.73 Å². The van der Waals surface area contributed by atoms with Crippen LogP contribution in [0.5, 0.6) is 0 Å². The van der Waals surface area contributed by atoms with Crippen LogP contribution in [0.15, 0.2) is 23.4 Å². The van der Waals surface area contributed by atoms with Crippen molar-refractivity contribution in [3.63, 3.8) is 0 Å². The first-order valence-corrected chi connectivity index (χ1v) is 8.95. The minimum Gasteiger partial charge on any atom is -0.346 e. The van der Waals surface area contributed by atoms with E-state index in [1.165, 1.54) is 11.3 Å². The topological polar surface area (TPSA) is 90.0 Å². The SMILES string of the molecule is Cc1cnc(CNS(=O)(=O)c2cc(CN)n(C(C)C)c2)s1. The molecule has 21 heavy (non-hydrogen) atoms. The van der Waals surface area contributed by atoms with Crippen molar-refractivity contribution in [2.45, 2.75) is 44.8 Å². The Balaban J connectivity index is 2.19. The van der Waals surface area contributed by atoms with Crippen LogP contribution in [0, 0.1) is 6.92 Å². The number of hydrogen-bond acceptors (Lipinski definition) is 5. The maximum absolute atomic E-state index is 12.3. The Morgan fingerprint density at radius 1 is 1.48 bits per heavy atom. The predicted octanol–water partition coefficient (Wildman–Crippen LogP) is 1.77. The number of nitrogens with two attached hydrogens (primary N) is 1. The number of nitrogens with one attached hydrogen (secondary N) is 1. The fourth-order valence-electron chi connectivity index (χ4n) is 2.01. The summed E-state index contributed by atoms with van der Waals surface area (Å²) in [6.45, 7) is 6.42. The van der Waals surface area contributed by atoms with Crippen molar-refractivity contribution >= 4 is 21.4 Å². The highest BCUT2D eigenvalue weighted by atomic mass is 32.2. The highest BCUT2D eigenvalue weighted by Gasteiger charge is 2.19. The number of nitrogens with zero attached hydrogens (tertiary/aromatic N) is 2. The van der Waals surface area contributed by atoms with E-state index < -0.39 is 10.0 Å². The van der Waals surface area contributed by atoms with E-state index >= 15 is 0 Å². The fraction of sp³-hybridized carbons (Fsp3) is 0.462. The highest BCUT2D eigenvalue weighted by Crippen LogP contribution is 2.19. The van der Waals surface area contributed by atoms with Gasteiger partial charge in [0.15, 0.2) is 0 Å². The van der Waals surface area contributed by atoms with Crippen LogP contribution in [0.1, 0.15) is 35.5 Å².